The van der Waals surface area contributed by atoms with Gasteiger partial charge in [-0.1, -0.05) is 29.3 Å². The number of benzene rings is 2. The fourth-order valence-electron chi connectivity index (χ4n) is 2.39. The van der Waals surface area contributed by atoms with Crippen LogP contribution in [0.25, 0.3) is 11.3 Å². The summed E-state index contributed by atoms with van der Waals surface area (Å²) in [6.45, 7) is 1.90. The van der Waals surface area contributed by atoms with E-state index in [2.05, 4.69) is 10.5 Å². The van der Waals surface area contributed by atoms with Gasteiger partial charge in [-0.3, -0.25) is 14.9 Å². The largest absolute Gasteiger partial charge is 0.455 e. The van der Waals surface area contributed by atoms with Crippen LogP contribution in [-0.4, -0.2) is 17.0 Å². The maximum absolute atomic E-state index is 12.0. The van der Waals surface area contributed by atoms with Gasteiger partial charge in [0.1, 0.15) is 11.5 Å². The Morgan fingerprint density at radius 3 is 2.74 bits per heavy atom. The SMILES string of the molecule is Cc1cccc(C(=O)N/N=C\c2ccc(-c3ccc([N+](=O)[O-])cc3Cl)o2)c1. The summed E-state index contributed by atoms with van der Waals surface area (Å²) in [5, 5.41) is 14.8. The predicted octanol–water partition coefficient (Wildman–Crippen LogP) is 4.58. The molecule has 0 spiro atoms. The minimum atomic E-state index is -0.521. The van der Waals surface area contributed by atoms with Crippen molar-refractivity contribution in [3.8, 4) is 11.3 Å². The van der Waals surface area contributed by atoms with Crippen molar-refractivity contribution < 1.29 is 14.1 Å². The Kier molecular flexibility index (Phi) is 5.33. The molecule has 0 radical (unpaired) electrons. The van der Waals surface area contributed by atoms with Crippen molar-refractivity contribution >= 4 is 29.4 Å². The molecule has 0 aliphatic rings. The number of amides is 1. The molecule has 1 N–H and O–H groups in total. The van der Waals surface area contributed by atoms with Gasteiger partial charge >= 0.3 is 0 Å². The molecular formula is C19H14ClN3O4. The molecule has 3 aromatic rings. The number of nitro benzene ring substituents is 1. The molecule has 136 valence electrons. The van der Waals surface area contributed by atoms with Crippen LogP contribution in [0.15, 0.2) is 64.1 Å². The number of rotatable bonds is 5. The molecule has 0 aliphatic carbocycles. The summed E-state index contributed by atoms with van der Waals surface area (Å²) >= 11 is 6.09. The minimum absolute atomic E-state index is 0.101. The lowest BCUT2D eigenvalue weighted by Crippen LogP contribution is -2.17. The number of halogens is 1. The minimum Gasteiger partial charge on any atom is -0.455 e. The van der Waals surface area contributed by atoms with Crippen LogP contribution in [0.3, 0.4) is 0 Å². The molecule has 7 nitrogen and oxygen atoms in total. The van der Waals surface area contributed by atoms with E-state index in [0.717, 1.165) is 5.56 Å². The van der Waals surface area contributed by atoms with Gasteiger partial charge in [0.25, 0.3) is 11.6 Å². The Morgan fingerprint density at radius 2 is 2.04 bits per heavy atom. The smallest absolute Gasteiger partial charge is 0.271 e. The first-order valence-electron chi connectivity index (χ1n) is 7.88. The molecule has 0 unspecified atom stereocenters. The van der Waals surface area contributed by atoms with Gasteiger partial charge in [0.05, 0.1) is 16.2 Å². The normalized spacial score (nSPS) is 10.9. The van der Waals surface area contributed by atoms with E-state index in [1.54, 1.807) is 30.3 Å². The van der Waals surface area contributed by atoms with Crippen LogP contribution in [0.5, 0.6) is 0 Å². The molecule has 3 rings (SSSR count). The summed E-state index contributed by atoms with van der Waals surface area (Å²) in [6.07, 6.45) is 1.36. The van der Waals surface area contributed by atoms with Gasteiger partial charge in [-0.25, -0.2) is 5.43 Å². The van der Waals surface area contributed by atoms with Crippen LogP contribution in [0.4, 0.5) is 5.69 Å². The highest BCUT2D eigenvalue weighted by Gasteiger charge is 2.13. The lowest BCUT2D eigenvalue weighted by Gasteiger charge is -2.01. The molecule has 27 heavy (non-hydrogen) atoms. The number of carbonyl (C=O) groups is 1. The molecule has 0 atom stereocenters. The van der Waals surface area contributed by atoms with Crippen molar-refractivity contribution in [1.29, 1.82) is 0 Å². The van der Waals surface area contributed by atoms with E-state index < -0.39 is 4.92 Å². The van der Waals surface area contributed by atoms with E-state index in [0.29, 0.717) is 22.6 Å². The topological polar surface area (TPSA) is 97.7 Å². The van der Waals surface area contributed by atoms with Crippen molar-refractivity contribution in [3.05, 3.63) is 86.6 Å². The zero-order chi connectivity index (χ0) is 19.4. The second-order valence-electron chi connectivity index (χ2n) is 5.69. The zero-order valence-corrected chi connectivity index (χ0v) is 14.9. The summed E-state index contributed by atoms with van der Waals surface area (Å²) in [4.78, 5) is 22.3. The summed E-state index contributed by atoms with van der Waals surface area (Å²) in [5.74, 6) is 0.491. The van der Waals surface area contributed by atoms with Gasteiger partial charge in [-0.05, 0) is 37.3 Å². The molecule has 0 saturated carbocycles. The third-order valence-electron chi connectivity index (χ3n) is 3.69. The van der Waals surface area contributed by atoms with Crippen molar-refractivity contribution in [3.63, 3.8) is 0 Å². The Hall–Kier alpha value is -3.45. The average Bonchev–Trinajstić information content (AvgIpc) is 3.10. The molecule has 1 heterocycles. The number of hydrogen-bond acceptors (Lipinski definition) is 5. The van der Waals surface area contributed by atoms with Crippen LogP contribution in [-0.2, 0) is 0 Å². The number of non-ortho nitro benzene ring substituents is 1. The second-order valence-corrected chi connectivity index (χ2v) is 6.10. The highest BCUT2D eigenvalue weighted by atomic mass is 35.5. The summed E-state index contributed by atoms with van der Waals surface area (Å²) in [6, 6.07) is 14.6. The van der Waals surface area contributed by atoms with Gasteiger partial charge in [0, 0.05) is 23.3 Å². The maximum atomic E-state index is 12.0. The Balaban J connectivity index is 1.70. The Bertz CT molecular complexity index is 1040. The lowest BCUT2D eigenvalue weighted by atomic mass is 10.1. The molecule has 1 aromatic heterocycles. The van der Waals surface area contributed by atoms with E-state index in [1.807, 2.05) is 13.0 Å². The third-order valence-corrected chi connectivity index (χ3v) is 4.01. The van der Waals surface area contributed by atoms with Crippen molar-refractivity contribution in [2.45, 2.75) is 6.92 Å². The van der Waals surface area contributed by atoms with E-state index in [9.17, 15) is 14.9 Å². The van der Waals surface area contributed by atoms with Gasteiger partial charge in [-0.2, -0.15) is 5.10 Å². The monoisotopic (exact) mass is 383 g/mol. The molecule has 0 saturated heterocycles. The molecule has 0 aliphatic heterocycles. The number of nitrogens with one attached hydrogen (secondary N) is 1. The fourth-order valence-corrected chi connectivity index (χ4v) is 2.66. The van der Waals surface area contributed by atoms with E-state index >= 15 is 0 Å². The zero-order valence-electron chi connectivity index (χ0n) is 14.2. The van der Waals surface area contributed by atoms with E-state index in [-0.39, 0.29) is 16.6 Å². The number of furan rings is 1. The summed E-state index contributed by atoms with van der Waals surface area (Å²) in [5.41, 5.74) is 4.32. The molecule has 2 aromatic carbocycles. The molecule has 0 fully saturated rings. The third kappa shape index (κ3) is 4.39. The Labute approximate surface area is 159 Å². The van der Waals surface area contributed by atoms with Crippen LogP contribution in [0.2, 0.25) is 5.02 Å². The number of hydrazone groups is 1. The van der Waals surface area contributed by atoms with Crippen LogP contribution < -0.4 is 5.43 Å². The van der Waals surface area contributed by atoms with E-state index in [1.165, 1.54) is 24.4 Å². The maximum Gasteiger partial charge on any atom is 0.271 e. The number of aryl methyl sites for hydroxylation is 1. The van der Waals surface area contributed by atoms with Gasteiger partial charge in [0.15, 0.2) is 0 Å². The van der Waals surface area contributed by atoms with Gasteiger partial charge in [-0.15, -0.1) is 0 Å². The first-order chi connectivity index (χ1) is 12.9. The number of nitrogens with zero attached hydrogens (tertiary/aromatic N) is 2. The number of nitro groups is 1. The first kappa shape index (κ1) is 18.3. The Morgan fingerprint density at radius 1 is 1.22 bits per heavy atom. The van der Waals surface area contributed by atoms with Gasteiger partial charge < -0.3 is 4.42 Å². The van der Waals surface area contributed by atoms with Gasteiger partial charge in [0.2, 0.25) is 0 Å². The van der Waals surface area contributed by atoms with Crippen molar-refractivity contribution in [2.75, 3.05) is 0 Å². The first-order valence-corrected chi connectivity index (χ1v) is 8.26. The standard InChI is InChI=1S/C19H14ClN3O4/c1-12-3-2-4-13(9-12)19(24)22-21-11-15-6-8-18(27-15)16-7-5-14(23(25)26)10-17(16)20/h2-11H,1H3,(H,22,24)/b21-11-. The quantitative estimate of drug-likeness (QED) is 0.396. The highest BCUT2D eigenvalue weighted by Crippen LogP contribution is 2.31. The molecule has 1 amide bonds. The van der Waals surface area contributed by atoms with E-state index in [4.69, 9.17) is 16.0 Å². The second kappa shape index (κ2) is 7.84. The summed E-state index contributed by atoms with van der Waals surface area (Å²) in [7, 11) is 0. The number of hydrogen-bond donors (Lipinski definition) is 1. The van der Waals surface area contributed by atoms with Crippen molar-refractivity contribution in [1.82, 2.24) is 5.43 Å². The molecule has 0 bridgehead atoms. The molecular weight excluding hydrogens is 370 g/mol. The van der Waals surface area contributed by atoms with Crippen molar-refractivity contribution in [2.24, 2.45) is 5.10 Å². The average molecular weight is 384 g/mol. The number of carbonyl (C=O) groups excluding carboxylic acids is 1. The lowest BCUT2D eigenvalue weighted by molar-refractivity contribution is -0.384. The fraction of sp³-hybridized carbons (Fsp3) is 0.0526. The highest BCUT2D eigenvalue weighted by molar-refractivity contribution is 6.33. The van der Waals surface area contributed by atoms with Crippen LogP contribution >= 0.6 is 11.6 Å². The summed E-state index contributed by atoms with van der Waals surface area (Å²) < 4.78 is 5.60. The van der Waals surface area contributed by atoms with Crippen LogP contribution in [0, 0.1) is 17.0 Å². The molecule has 8 heteroatoms. The van der Waals surface area contributed by atoms with Crippen LogP contribution in [0.1, 0.15) is 21.7 Å². The predicted molar refractivity (Wildman–Crippen MR) is 102 cm³/mol.